The molecule has 0 saturated heterocycles. The lowest BCUT2D eigenvalue weighted by molar-refractivity contribution is -0.0519. The standard InChI is InChI=1S/C10H10Br2F2O2/c1-2-15-8-4-6(5-11)3-7(12)9(8)16-10(13)14/h3-4,10H,2,5H2,1H3. The zero-order valence-electron chi connectivity index (χ0n) is 8.47. The Morgan fingerprint density at radius 1 is 1.38 bits per heavy atom. The quantitative estimate of drug-likeness (QED) is 0.728. The van der Waals surface area contributed by atoms with Gasteiger partial charge in [-0.15, -0.1) is 0 Å². The molecule has 0 saturated carbocycles. The van der Waals surface area contributed by atoms with Crippen molar-refractivity contribution in [2.45, 2.75) is 18.9 Å². The average molecular weight is 360 g/mol. The van der Waals surface area contributed by atoms with Gasteiger partial charge in [-0.1, -0.05) is 15.9 Å². The van der Waals surface area contributed by atoms with Crippen molar-refractivity contribution < 1.29 is 18.3 Å². The summed E-state index contributed by atoms with van der Waals surface area (Å²) in [6, 6.07) is 3.37. The molecular formula is C10H10Br2F2O2. The van der Waals surface area contributed by atoms with Crippen LogP contribution < -0.4 is 9.47 Å². The average Bonchev–Trinajstić information content (AvgIpc) is 2.22. The second kappa shape index (κ2) is 6.39. The number of alkyl halides is 3. The van der Waals surface area contributed by atoms with E-state index in [1.165, 1.54) is 0 Å². The minimum atomic E-state index is -2.87. The van der Waals surface area contributed by atoms with Crippen molar-refractivity contribution in [1.29, 1.82) is 0 Å². The van der Waals surface area contributed by atoms with Crippen molar-refractivity contribution in [2.24, 2.45) is 0 Å². The van der Waals surface area contributed by atoms with Gasteiger partial charge in [-0.3, -0.25) is 0 Å². The second-order valence-electron chi connectivity index (χ2n) is 2.85. The van der Waals surface area contributed by atoms with E-state index in [0.717, 1.165) is 5.56 Å². The fourth-order valence-corrected chi connectivity index (χ4v) is 2.07. The van der Waals surface area contributed by atoms with Crippen LogP contribution in [0.15, 0.2) is 16.6 Å². The third kappa shape index (κ3) is 3.59. The number of hydrogen-bond acceptors (Lipinski definition) is 2. The zero-order valence-corrected chi connectivity index (χ0v) is 11.6. The van der Waals surface area contributed by atoms with Gasteiger partial charge in [0, 0.05) is 5.33 Å². The zero-order chi connectivity index (χ0) is 12.1. The van der Waals surface area contributed by atoms with Gasteiger partial charge >= 0.3 is 6.61 Å². The third-order valence-corrected chi connectivity index (χ3v) is 2.97. The summed E-state index contributed by atoms with van der Waals surface area (Å²) in [6.07, 6.45) is 0. The van der Waals surface area contributed by atoms with Crippen LogP contribution in [0.5, 0.6) is 11.5 Å². The van der Waals surface area contributed by atoms with Gasteiger partial charge in [-0.25, -0.2) is 0 Å². The molecule has 0 aromatic heterocycles. The topological polar surface area (TPSA) is 18.5 Å². The van der Waals surface area contributed by atoms with E-state index in [1.807, 2.05) is 0 Å². The molecule has 90 valence electrons. The van der Waals surface area contributed by atoms with Crippen LogP contribution in [0.2, 0.25) is 0 Å². The van der Waals surface area contributed by atoms with Gasteiger partial charge in [0.15, 0.2) is 11.5 Å². The summed E-state index contributed by atoms with van der Waals surface area (Å²) in [5.74, 6) is 0.341. The van der Waals surface area contributed by atoms with Crippen LogP contribution in [0.1, 0.15) is 12.5 Å². The predicted octanol–water partition coefficient (Wildman–Crippen LogP) is 4.34. The molecule has 1 rings (SSSR count). The molecule has 1 aromatic carbocycles. The maximum absolute atomic E-state index is 12.2. The molecule has 0 atom stereocenters. The minimum absolute atomic E-state index is 0.0292. The Kier molecular flexibility index (Phi) is 5.48. The smallest absolute Gasteiger partial charge is 0.387 e. The van der Waals surface area contributed by atoms with Crippen LogP contribution >= 0.6 is 31.9 Å². The maximum atomic E-state index is 12.2. The van der Waals surface area contributed by atoms with E-state index in [9.17, 15) is 8.78 Å². The highest BCUT2D eigenvalue weighted by atomic mass is 79.9. The predicted molar refractivity (Wildman–Crippen MR) is 64.6 cm³/mol. The van der Waals surface area contributed by atoms with Crippen molar-refractivity contribution in [3.63, 3.8) is 0 Å². The maximum Gasteiger partial charge on any atom is 0.387 e. The van der Waals surface area contributed by atoms with E-state index in [0.29, 0.717) is 22.2 Å². The van der Waals surface area contributed by atoms with Crippen molar-refractivity contribution in [1.82, 2.24) is 0 Å². The number of halogens is 4. The molecule has 2 nitrogen and oxygen atoms in total. The molecule has 6 heteroatoms. The second-order valence-corrected chi connectivity index (χ2v) is 4.27. The summed E-state index contributed by atoms with van der Waals surface area (Å²) in [7, 11) is 0. The summed E-state index contributed by atoms with van der Waals surface area (Å²) in [5.41, 5.74) is 0.914. The fraction of sp³-hybridized carbons (Fsp3) is 0.400. The van der Waals surface area contributed by atoms with Gasteiger partial charge in [-0.05, 0) is 40.5 Å². The first-order valence-corrected chi connectivity index (χ1v) is 6.46. The van der Waals surface area contributed by atoms with Crippen LogP contribution in [0.4, 0.5) is 8.78 Å². The Morgan fingerprint density at radius 2 is 2.06 bits per heavy atom. The monoisotopic (exact) mass is 358 g/mol. The fourth-order valence-electron chi connectivity index (χ4n) is 1.16. The van der Waals surface area contributed by atoms with Crippen LogP contribution in [-0.4, -0.2) is 13.2 Å². The number of benzene rings is 1. The van der Waals surface area contributed by atoms with Gasteiger partial charge in [0.1, 0.15) is 0 Å². The first-order valence-electron chi connectivity index (χ1n) is 4.54. The van der Waals surface area contributed by atoms with Gasteiger partial charge in [0.25, 0.3) is 0 Å². The summed E-state index contributed by atoms with van der Waals surface area (Å²) < 4.78 is 34.5. The Labute approximate surface area is 109 Å². The largest absolute Gasteiger partial charge is 0.490 e. The lowest BCUT2D eigenvalue weighted by Gasteiger charge is -2.14. The molecule has 0 aliphatic carbocycles. The molecule has 0 aliphatic rings. The van der Waals surface area contributed by atoms with Gasteiger partial charge in [0.2, 0.25) is 0 Å². The van der Waals surface area contributed by atoms with E-state index >= 15 is 0 Å². The van der Waals surface area contributed by atoms with Gasteiger partial charge in [0.05, 0.1) is 11.1 Å². The molecule has 0 unspecified atom stereocenters. The molecule has 0 spiro atoms. The number of hydrogen-bond donors (Lipinski definition) is 0. The molecule has 0 radical (unpaired) electrons. The van der Waals surface area contributed by atoms with Crippen molar-refractivity contribution in [3.8, 4) is 11.5 Å². The van der Waals surface area contributed by atoms with Crippen LogP contribution in [0.3, 0.4) is 0 Å². The van der Waals surface area contributed by atoms with E-state index < -0.39 is 6.61 Å². The van der Waals surface area contributed by atoms with Crippen molar-refractivity contribution >= 4 is 31.9 Å². The Bertz CT molecular complexity index is 359. The van der Waals surface area contributed by atoms with Gasteiger partial charge < -0.3 is 9.47 Å². The first kappa shape index (κ1) is 13.7. The van der Waals surface area contributed by atoms with E-state index in [-0.39, 0.29) is 5.75 Å². The molecule has 16 heavy (non-hydrogen) atoms. The number of rotatable bonds is 5. The normalized spacial score (nSPS) is 10.6. The molecule has 0 bridgehead atoms. The molecule has 0 aliphatic heterocycles. The van der Waals surface area contributed by atoms with Crippen LogP contribution in [0.25, 0.3) is 0 Å². The van der Waals surface area contributed by atoms with E-state index in [2.05, 4.69) is 36.6 Å². The van der Waals surface area contributed by atoms with Gasteiger partial charge in [-0.2, -0.15) is 8.78 Å². The molecule has 0 heterocycles. The highest BCUT2D eigenvalue weighted by Crippen LogP contribution is 2.38. The van der Waals surface area contributed by atoms with E-state index in [4.69, 9.17) is 4.74 Å². The van der Waals surface area contributed by atoms with E-state index in [1.54, 1.807) is 19.1 Å². The Morgan fingerprint density at radius 3 is 2.56 bits per heavy atom. The van der Waals surface area contributed by atoms with Crippen LogP contribution in [0, 0.1) is 0 Å². The molecule has 0 fully saturated rings. The Balaban J connectivity index is 3.11. The van der Waals surface area contributed by atoms with Crippen LogP contribution in [-0.2, 0) is 5.33 Å². The highest BCUT2D eigenvalue weighted by Gasteiger charge is 2.15. The summed E-state index contributed by atoms with van der Waals surface area (Å²) in [6.45, 7) is -0.705. The minimum Gasteiger partial charge on any atom is -0.490 e. The lowest BCUT2D eigenvalue weighted by Crippen LogP contribution is -2.05. The lowest BCUT2D eigenvalue weighted by atomic mass is 10.2. The Hall–Kier alpha value is -0.360. The molecule has 0 amide bonds. The highest BCUT2D eigenvalue weighted by molar-refractivity contribution is 9.10. The molecular weight excluding hydrogens is 350 g/mol. The number of ether oxygens (including phenoxy) is 2. The third-order valence-electron chi connectivity index (χ3n) is 1.73. The summed E-state index contributed by atoms with van der Waals surface area (Å²) in [5, 5.41) is 0.612. The summed E-state index contributed by atoms with van der Waals surface area (Å²) in [4.78, 5) is 0. The first-order chi connectivity index (χ1) is 7.58. The SMILES string of the molecule is CCOc1cc(CBr)cc(Br)c1OC(F)F. The van der Waals surface area contributed by atoms with Crippen molar-refractivity contribution in [3.05, 3.63) is 22.2 Å². The molecule has 0 N–H and O–H groups in total. The summed E-state index contributed by atoms with van der Waals surface area (Å²) >= 11 is 6.47. The molecule has 1 aromatic rings. The van der Waals surface area contributed by atoms with Crippen molar-refractivity contribution in [2.75, 3.05) is 6.61 Å².